The number of carbonyl (C=O) groups is 3. The predicted molar refractivity (Wildman–Crippen MR) is 197 cm³/mol. The molecule has 0 aliphatic rings. The average molecular weight is 655 g/mol. The molecule has 0 saturated carbocycles. The summed E-state index contributed by atoms with van der Waals surface area (Å²) in [5.74, 6) is -1.41. The van der Waals surface area contributed by atoms with Crippen LogP contribution in [0.4, 0.5) is 0 Å². The summed E-state index contributed by atoms with van der Waals surface area (Å²) in [6.45, 7) is 4.73. The fraction of sp³-hybridized carbons (Fsp3) is 0.625. The Balaban J connectivity index is 4.30. The zero-order chi connectivity index (χ0) is 34.6. The zero-order valence-electron chi connectivity index (χ0n) is 29.6. The number of carboxylic acids is 1. The Morgan fingerprint density at radius 3 is 1.85 bits per heavy atom. The molecule has 1 amide bonds. The lowest BCUT2D eigenvalue weighted by molar-refractivity contribution is -0.147. The fourth-order valence-electron chi connectivity index (χ4n) is 4.75. The van der Waals surface area contributed by atoms with Crippen LogP contribution in [0.2, 0.25) is 0 Å². The van der Waals surface area contributed by atoms with Gasteiger partial charge in [0.15, 0.2) is 0 Å². The molecule has 0 aliphatic heterocycles. The Morgan fingerprint density at radius 1 is 0.660 bits per heavy atom. The molecule has 0 aromatic rings. The first kappa shape index (κ1) is 43.8. The third-order valence-corrected chi connectivity index (χ3v) is 7.49. The van der Waals surface area contributed by atoms with Crippen molar-refractivity contribution in [3.63, 3.8) is 0 Å². The van der Waals surface area contributed by atoms with Gasteiger partial charge >= 0.3 is 11.9 Å². The van der Waals surface area contributed by atoms with Crippen molar-refractivity contribution in [2.75, 3.05) is 6.54 Å². The van der Waals surface area contributed by atoms with Gasteiger partial charge in [0, 0.05) is 12.8 Å². The Hall–Kier alpha value is -3.19. The number of ether oxygens (including phenoxy) is 1. The molecule has 2 atom stereocenters. The molecule has 4 N–H and O–H groups in total. The van der Waals surface area contributed by atoms with Crippen LogP contribution in [0, 0.1) is 0 Å². The summed E-state index contributed by atoms with van der Waals surface area (Å²) in [6.07, 6.45) is 42.6. The van der Waals surface area contributed by atoms with E-state index in [9.17, 15) is 19.5 Å². The van der Waals surface area contributed by atoms with E-state index in [4.69, 9.17) is 10.5 Å². The number of rotatable bonds is 31. The second-order valence-electron chi connectivity index (χ2n) is 11.9. The van der Waals surface area contributed by atoms with Crippen LogP contribution in [0.15, 0.2) is 72.9 Å². The van der Waals surface area contributed by atoms with Crippen molar-refractivity contribution in [2.24, 2.45) is 5.73 Å². The van der Waals surface area contributed by atoms with Gasteiger partial charge in [0.1, 0.15) is 12.1 Å². The van der Waals surface area contributed by atoms with Crippen LogP contribution in [0.1, 0.15) is 142 Å². The van der Waals surface area contributed by atoms with Crippen molar-refractivity contribution in [1.82, 2.24) is 5.32 Å². The van der Waals surface area contributed by atoms with Gasteiger partial charge in [-0.15, -0.1) is 0 Å². The molecule has 47 heavy (non-hydrogen) atoms. The lowest BCUT2D eigenvalue weighted by Gasteiger charge is -2.15. The van der Waals surface area contributed by atoms with Gasteiger partial charge in [0.25, 0.3) is 0 Å². The maximum absolute atomic E-state index is 12.6. The van der Waals surface area contributed by atoms with Gasteiger partial charge in [-0.05, 0) is 103 Å². The molecular weight excluding hydrogens is 588 g/mol. The van der Waals surface area contributed by atoms with Gasteiger partial charge in [-0.3, -0.25) is 9.59 Å². The number of esters is 1. The molecule has 7 heteroatoms. The molecule has 0 heterocycles. The van der Waals surface area contributed by atoms with E-state index in [-0.39, 0.29) is 18.0 Å². The summed E-state index contributed by atoms with van der Waals surface area (Å²) in [6, 6.07) is -0.877. The summed E-state index contributed by atoms with van der Waals surface area (Å²) < 4.78 is 5.83. The lowest BCUT2D eigenvalue weighted by atomic mass is 10.1. The van der Waals surface area contributed by atoms with Crippen LogP contribution in [0.5, 0.6) is 0 Å². The first-order chi connectivity index (χ1) is 22.9. The molecule has 0 aliphatic carbocycles. The molecule has 0 bridgehead atoms. The quantitative estimate of drug-likeness (QED) is 0.0389. The highest BCUT2D eigenvalue weighted by molar-refractivity contribution is 5.83. The van der Waals surface area contributed by atoms with Crippen LogP contribution in [-0.4, -0.2) is 41.6 Å². The largest absolute Gasteiger partial charge is 0.480 e. The van der Waals surface area contributed by atoms with Gasteiger partial charge in [-0.2, -0.15) is 0 Å². The number of unbranched alkanes of at least 4 members (excludes halogenated alkanes) is 7. The molecule has 0 rings (SSSR count). The van der Waals surface area contributed by atoms with Crippen LogP contribution in [-0.2, 0) is 19.1 Å². The number of aliphatic carboxylic acids is 1. The average Bonchev–Trinajstić information content (AvgIpc) is 3.05. The van der Waals surface area contributed by atoms with Gasteiger partial charge < -0.3 is 20.9 Å². The molecule has 0 spiro atoms. The van der Waals surface area contributed by atoms with Gasteiger partial charge in [-0.1, -0.05) is 106 Å². The number of hydrogen-bond donors (Lipinski definition) is 3. The van der Waals surface area contributed by atoms with E-state index in [1.165, 1.54) is 12.8 Å². The van der Waals surface area contributed by atoms with Crippen molar-refractivity contribution >= 4 is 17.8 Å². The topological polar surface area (TPSA) is 119 Å². The van der Waals surface area contributed by atoms with E-state index in [0.717, 1.165) is 83.5 Å². The number of hydrogen-bond acceptors (Lipinski definition) is 5. The van der Waals surface area contributed by atoms with Crippen molar-refractivity contribution < 1.29 is 24.2 Å². The molecule has 7 nitrogen and oxygen atoms in total. The van der Waals surface area contributed by atoms with Gasteiger partial charge in [-0.25, -0.2) is 4.79 Å². The summed E-state index contributed by atoms with van der Waals surface area (Å²) in [5.41, 5.74) is 5.46. The van der Waals surface area contributed by atoms with Crippen LogP contribution in [0.25, 0.3) is 0 Å². The number of nitrogens with two attached hydrogens (primary N) is 1. The molecule has 0 fully saturated rings. The Morgan fingerprint density at radius 2 is 1.26 bits per heavy atom. The SMILES string of the molecule is CC/C=C\C/C=C\C/C=C\C/C=C\C/C=C\CCCC(=O)OC(/C=C\CCCCC)CCCCCCC(=O)NC(CCCN)C(=O)O. The van der Waals surface area contributed by atoms with Crippen LogP contribution >= 0.6 is 0 Å². The number of carbonyl (C=O) groups excluding carboxylic acids is 2. The highest BCUT2D eigenvalue weighted by atomic mass is 16.5. The molecule has 0 radical (unpaired) electrons. The van der Waals surface area contributed by atoms with E-state index < -0.39 is 12.0 Å². The Kier molecular flexibility index (Phi) is 31.8. The zero-order valence-corrected chi connectivity index (χ0v) is 29.6. The van der Waals surface area contributed by atoms with Crippen molar-refractivity contribution in [2.45, 2.75) is 154 Å². The molecule has 266 valence electrons. The van der Waals surface area contributed by atoms with Crippen molar-refractivity contribution in [3.05, 3.63) is 72.9 Å². The monoisotopic (exact) mass is 654 g/mol. The Labute approximate surface area is 286 Å². The second kappa shape index (κ2) is 34.2. The first-order valence-electron chi connectivity index (χ1n) is 18.3. The number of amides is 1. The highest BCUT2D eigenvalue weighted by Gasteiger charge is 2.18. The fourth-order valence-corrected chi connectivity index (χ4v) is 4.75. The minimum absolute atomic E-state index is 0.153. The maximum atomic E-state index is 12.6. The van der Waals surface area contributed by atoms with Gasteiger partial charge in [0.05, 0.1) is 0 Å². The minimum Gasteiger partial charge on any atom is -0.480 e. The van der Waals surface area contributed by atoms with Crippen molar-refractivity contribution in [1.29, 1.82) is 0 Å². The van der Waals surface area contributed by atoms with E-state index >= 15 is 0 Å². The van der Waals surface area contributed by atoms with Crippen LogP contribution < -0.4 is 11.1 Å². The maximum Gasteiger partial charge on any atom is 0.326 e. The summed E-state index contributed by atoms with van der Waals surface area (Å²) in [4.78, 5) is 36.0. The van der Waals surface area contributed by atoms with E-state index in [0.29, 0.717) is 38.6 Å². The molecule has 0 saturated heterocycles. The first-order valence-corrected chi connectivity index (χ1v) is 18.3. The number of nitrogens with one attached hydrogen (secondary N) is 1. The molecule has 0 aromatic carbocycles. The lowest BCUT2D eigenvalue weighted by Crippen LogP contribution is -2.40. The third-order valence-electron chi connectivity index (χ3n) is 7.49. The number of carboxylic acid groups (broad SMARTS) is 1. The smallest absolute Gasteiger partial charge is 0.326 e. The molecular formula is C40H66N2O5. The Bertz CT molecular complexity index is 964. The number of allylic oxidation sites excluding steroid dienone is 11. The van der Waals surface area contributed by atoms with E-state index in [1.807, 2.05) is 6.08 Å². The molecule has 2 unspecified atom stereocenters. The second-order valence-corrected chi connectivity index (χ2v) is 11.9. The van der Waals surface area contributed by atoms with E-state index in [2.05, 4.69) is 86.0 Å². The van der Waals surface area contributed by atoms with Gasteiger partial charge in [0.2, 0.25) is 5.91 Å². The normalized spacial score (nSPS) is 13.6. The predicted octanol–water partition coefficient (Wildman–Crippen LogP) is 9.61. The molecule has 0 aromatic heterocycles. The summed E-state index contributed by atoms with van der Waals surface area (Å²) >= 11 is 0. The van der Waals surface area contributed by atoms with E-state index in [1.54, 1.807) is 0 Å². The highest BCUT2D eigenvalue weighted by Crippen LogP contribution is 2.14. The summed E-state index contributed by atoms with van der Waals surface area (Å²) in [5, 5.41) is 11.9. The summed E-state index contributed by atoms with van der Waals surface area (Å²) in [7, 11) is 0. The third kappa shape index (κ3) is 31.2. The van der Waals surface area contributed by atoms with Crippen molar-refractivity contribution in [3.8, 4) is 0 Å². The standard InChI is InChI=1S/C40H66N2O5/c1-3-5-7-9-10-11-12-13-14-15-16-17-18-19-20-22-28-34-39(44)47-36(30-25-21-8-6-4-2)31-26-23-24-27-33-38(43)42-37(40(45)46)32-29-35-41/h5,7,10-11,13-14,16-17,19-20,25,30,36-37H,3-4,6,8-9,12,15,18,21-24,26-29,31-35,41H2,1-2H3,(H,42,43)(H,45,46)/b7-5-,11-10-,14-13-,17-16-,20-19-,30-25-. The minimum atomic E-state index is -1.02. The van der Waals surface area contributed by atoms with Crippen LogP contribution in [0.3, 0.4) is 0 Å².